The number of benzene rings is 2. The maximum absolute atomic E-state index is 13.8. The number of hydrogen-bond donors (Lipinski definition) is 1. The Morgan fingerprint density at radius 3 is 2.06 bits per heavy atom. The molecule has 0 aromatic heterocycles. The van der Waals surface area contributed by atoms with Gasteiger partial charge in [-0.3, -0.25) is 0 Å². The molecule has 9 heteroatoms. The highest BCUT2D eigenvalue weighted by Gasteiger charge is 2.26. The Bertz CT molecular complexity index is 927. The van der Waals surface area contributed by atoms with E-state index in [9.17, 15) is 22.8 Å². The van der Waals surface area contributed by atoms with E-state index in [1.807, 2.05) is 0 Å². The molecular formula is C23H24F3NO5. The van der Waals surface area contributed by atoms with Crippen molar-refractivity contribution < 1.29 is 37.3 Å². The van der Waals surface area contributed by atoms with Gasteiger partial charge in [-0.15, -0.1) is 0 Å². The summed E-state index contributed by atoms with van der Waals surface area (Å²) in [6.07, 6.45) is 2.29. The molecule has 0 unspecified atom stereocenters. The second-order valence-corrected chi connectivity index (χ2v) is 7.82. The Morgan fingerprint density at radius 1 is 0.875 bits per heavy atom. The molecule has 1 saturated carbocycles. The van der Waals surface area contributed by atoms with Crippen molar-refractivity contribution in [3.8, 4) is 0 Å². The van der Waals surface area contributed by atoms with E-state index < -0.39 is 29.5 Å². The number of aliphatic carboxylic acids is 1. The van der Waals surface area contributed by atoms with E-state index in [0.29, 0.717) is 12.7 Å². The first kappa shape index (κ1) is 23.6. The highest BCUT2D eigenvalue weighted by atomic mass is 19.1. The van der Waals surface area contributed by atoms with Gasteiger partial charge in [-0.1, -0.05) is 6.07 Å². The molecule has 0 radical (unpaired) electrons. The minimum Gasteiger partial charge on any atom is -0.480 e. The van der Waals surface area contributed by atoms with Gasteiger partial charge in [0.15, 0.2) is 0 Å². The van der Waals surface area contributed by atoms with Crippen LogP contribution in [-0.2, 0) is 14.3 Å². The molecule has 1 aliphatic carbocycles. The van der Waals surface area contributed by atoms with Gasteiger partial charge in [-0.05, 0) is 67.9 Å². The van der Waals surface area contributed by atoms with Crippen LogP contribution in [0.3, 0.4) is 0 Å². The molecule has 0 saturated heterocycles. The Hall–Kier alpha value is -3.07. The zero-order valence-corrected chi connectivity index (χ0v) is 17.3. The number of nitrogens with zero attached hydrogens (tertiary/aromatic N) is 1. The van der Waals surface area contributed by atoms with Crippen LogP contribution in [0, 0.1) is 29.3 Å². The van der Waals surface area contributed by atoms with Crippen molar-refractivity contribution in [2.75, 3.05) is 24.7 Å². The smallest absolute Gasteiger partial charge is 0.418 e. The quantitative estimate of drug-likeness (QED) is 0.591. The summed E-state index contributed by atoms with van der Waals surface area (Å²) >= 11 is 0. The standard InChI is InChI=1S/C23H24F3NO5/c24-17-2-1-3-20(9-17)27(21-10-18(25)8-19(26)11-21)23(30)32-13-16-6-4-15(5-7-16)12-31-14-22(28)29/h1-3,8-11,15-16H,4-7,12-14H2,(H,28,29). The topological polar surface area (TPSA) is 76.1 Å². The Morgan fingerprint density at radius 2 is 1.47 bits per heavy atom. The molecule has 1 N–H and O–H groups in total. The molecule has 2 aromatic carbocycles. The number of carbonyl (C=O) groups is 2. The van der Waals surface area contributed by atoms with Gasteiger partial charge in [0.25, 0.3) is 0 Å². The second-order valence-electron chi connectivity index (χ2n) is 7.82. The molecule has 0 aliphatic heterocycles. The van der Waals surface area contributed by atoms with Gasteiger partial charge in [0, 0.05) is 6.07 Å². The number of amides is 1. The van der Waals surface area contributed by atoms with Crippen molar-refractivity contribution in [1.29, 1.82) is 0 Å². The van der Waals surface area contributed by atoms with Crippen molar-refractivity contribution in [1.82, 2.24) is 0 Å². The number of carboxylic acids is 1. The number of hydrogen-bond acceptors (Lipinski definition) is 4. The lowest BCUT2D eigenvalue weighted by molar-refractivity contribution is -0.142. The largest absolute Gasteiger partial charge is 0.480 e. The highest BCUT2D eigenvalue weighted by Crippen LogP contribution is 2.31. The summed E-state index contributed by atoms with van der Waals surface area (Å²) < 4.78 is 51.8. The highest BCUT2D eigenvalue weighted by molar-refractivity contribution is 5.96. The van der Waals surface area contributed by atoms with Crippen LogP contribution in [0.5, 0.6) is 0 Å². The maximum Gasteiger partial charge on any atom is 0.418 e. The third-order valence-electron chi connectivity index (χ3n) is 5.34. The lowest BCUT2D eigenvalue weighted by Crippen LogP contribution is -2.30. The molecule has 0 spiro atoms. The van der Waals surface area contributed by atoms with Gasteiger partial charge < -0.3 is 14.6 Å². The average molecular weight is 451 g/mol. The number of ether oxygens (including phenoxy) is 2. The Balaban J connectivity index is 1.62. The number of anilines is 2. The summed E-state index contributed by atoms with van der Waals surface area (Å²) in [6.45, 7) is 0.149. The molecule has 6 nitrogen and oxygen atoms in total. The summed E-state index contributed by atoms with van der Waals surface area (Å²) in [6, 6.07) is 7.71. The van der Waals surface area contributed by atoms with E-state index in [1.54, 1.807) is 0 Å². The van der Waals surface area contributed by atoms with Crippen LogP contribution in [0.15, 0.2) is 42.5 Å². The van der Waals surface area contributed by atoms with E-state index in [1.165, 1.54) is 18.2 Å². The fourth-order valence-electron chi connectivity index (χ4n) is 3.77. The van der Waals surface area contributed by atoms with Crippen molar-refractivity contribution >= 4 is 23.4 Å². The van der Waals surface area contributed by atoms with Gasteiger partial charge in [-0.25, -0.2) is 27.7 Å². The summed E-state index contributed by atoms with van der Waals surface area (Å²) in [5.41, 5.74) is -0.0309. The summed E-state index contributed by atoms with van der Waals surface area (Å²) in [5, 5.41) is 8.62. The van der Waals surface area contributed by atoms with Crippen LogP contribution in [0.1, 0.15) is 25.7 Å². The maximum atomic E-state index is 13.8. The first-order valence-corrected chi connectivity index (χ1v) is 10.3. The zero-order valence-electron chi connectivity index (χ0n) is 17.3. The summed E-state index contributed by atoms with van der Waals surface area (Å²) in [4.78, 5) is 24.3. The van der Waals surface area contributed by atoms with Crippen LogP contribution < -0.4 is 4.90 Å². The van der Waals surface area contributed by atoms with E-state index in [2.05, 4.69) is 0 Å². The molecule has 3 rings (SSSR count). The Kier molecular flexibility index (Phi) is 8.10. The number of halogens is 3. The van der Waals surface area contributed by atoms with Gasteiger partial charge in [0.1, 0.15) is 24.1 Å². The predicted octanol–water partition coefficient (Wildman–Crippen LogP) is 5.29. The molecule has 0 atom stereocenters. The fraction of sp³-hybridized carbons (Fsp3) is 0.391. The first-order chi connectivity index (χ1) is 15.3. The number of carboxylic acid groups (broad SMARTS) is 1. The third kappa shape index (κ3) is 6.71. The van der Waals surface area contributed by atoms with Gasteiger partial charge >= 0.3 is 12.1 Å². The molecule has 32 heavy (non-hydrogen) atoms. The van der Waals surface area contributed by atoms with Crippen molar-refractivity contribution in [3.63, 3.8) is 0 Å². The summed E-state index contributed by atoms with van der Waals surface area (Å²) in [5.74, 6) is -3.03. The lowest BCUT2D eigenvalue weighted by Gasteiger charge is -2.29. The molecule has 2 aromatic rings. The molecular weight excluding hydrogens is 427 g/mol. The van der Waals surface area contributed by atoms with Crippen LogP contribution in [-0.4, -0.2) is 37.0 Å². The summed E-state index contributed by atoms with van der Waals surface area (Å²) in [7, 11) is 0. The SMILES string of the molecule is O=C(O)COCC1CCC(COC(=O)N(c2cccc(F)c2)c2cc(F)cc(F)c2)CC1. The van der Waals surface area contributed by atoms with Gasteiger partial charge in [0.05, 0.1) is 24.6 Å². The first-order valence-electron chi connectivity index (χ1n) is 10.3. The minimum absolute atomic E-state index is 0.0827. The van der Waals surface area contributed by atoms with E-state index in [-0.39, 0.29) is 36.4 Å². The third-order valence-corrected chi connectivity index (χ3v) is 5.34. The average Bonchev–Trinajstić information content (AvgIpc) is 2.72. The fourth-order valence-corrected chi connectivity index (χ4v) is 3.77. The van der Waals surface area contributed by atoms with E-state index >= 15 is 0 Å². The van der Waals surface area contributed by atoms with E-state index in [0.717, 1.165) is 48.8 Å². The second kappa shape index (κ2) is 11.0. The van der Waals surface area contributed by atoms with Crippen LogP contribution in [0.4, 0.5) is 29.3 Å². The molecule has 0 heterocycles. The normalized spacial score (nSPS) is 18.2. The van der Waals surface area contributed by atoms with E-state index in [4.69, 9.17) is 14.6 Å². The molecule has 1 amide bonds. The van der Waals surface area contributed by atoms with Crippen LogP contribution >= 0.6 is 0 Å². The molecule has 172 valence electrons. The molecule has 1 aliphatic rings. The monoisotopic (exact) mass is 451 g/mol. The van der Waals surface area contributed by atoms with Gasteiger partial charge in [-0.2, -0.15) is 0 Å². The van der Waals surface area contributed by atoms with Crippen molar-refractivity contribution in [2.45, 2.75) is 25.7 Å². The van der Waals surface area contributed by atoms with Crippen molar-refractivity contribution in [3.05, 3.63) is 59.9 Å². The van der Waals surface area contributed by atoms with Crippen molar-refractivity contribution in [2.24, 2.45) is 11.8 Å². The minimum atomic E-state index is -1.01. The molecule has 0 bridgehead atoms. The molecule has 1 fully saturated rings. The Labute approximate surface area is 183 Å². The zero-order chi connectivity index (χ0) is 23.1. The van der Waals surface area contributed by atoms with Crippen LogP contribution in [0.2, 0.25) is 0 Å². The van der Waals surface area contributed by atoms with Crippen LogP contribution in [0.25, 0.3) is 0 Å². The van der Waals surface area contributed by atoms with Gasteiger partial charge in [0.2, 0.25) is 0 Å². The lowest BCUT2D eigenvalue weighted by atomic mass is 9.83. The predicted molar refractivity (Wildman–Crippen MR) is 110 cm³/mol. The number of carbonyl (C=O) groups excluding carboxylic acids is 1. The number of rotatable bonds is 8.